The Morgan fingerprint density at radius 3 is 2.72 bits per heavy atom. The maximum absolute atomic E-state index is 11.5. The van der Waals surface area contributed by atoms with Gasteiger partial charge >= 0.3 is 0 Å². The number of oxime groups is 1. The highest BCUT2D eigenvalue weighted by atomic mass is 16.5. The molecule has 0 aliphatic rings. The van der Waals surface area contributed by atoms with Gasteiger partial charge in [-0.15, -0.1) is 0 Å². The molecule has 18 heavy (non-hydrogen) atoms. The highest BCUT2D eigenvalue weighted by Crippen LogP contribution is 1.95. The van der Waals surface area contributed by atoms with E-state index in [0.717, 1.165) is 12.8 Å². The van der Waals surface area contributed by atoms with Crippen molar-refractivity contribution in [3.05, 3.63) is 0 Å². The van der Waals surface area contributed by atoms with Gasteiger partial charge in [-0.3, -0.25) is 4.79 Å². The number of carbonyl (C=O) groups is 1. The summed E-state index contributed by atoms with van der Waals surface area (Å²) in [5, 5.41) is 13.9. The molecular formula is C11H23N3O4. The van der Waals surface area contributed by atoms with Gasteiger partial charge in [-0.1, -0.05) is 5.16 Å². The molecular weight excluding hydrogens is 238 g/mol. The molecule has 0 heterocycles. The minimum Gasteiger partial charge on any atom is -0.409 e. The molecule has 0 spiro atoms. The average molecular weight is 261 g/mol. The Balaban J connectivity index is 3.46. The fraction of sp³-hybridized carbons (Fsp3) is 0.818. The predicted molar refractivity (Wildman–Crippen MR) is 67.5 cm³/mol. The van der Waals surface area contributed by atoms with E-state index in [2.05, 4.69) is 10.5 Å². The van der Waals surface area contributed by atoms with E-state index in [-0.39, 0.29) is 11.7 Å². The Morgan fingerprint density at radius 2 is 2.11 bits per heavy atom. The first-order valence-corrected chi connectivity index (χ1v) is 5.95. The monoisotopic (exact) mass is 261 g/mol. The number of amidine groups is 1. The van der Waals surface area contributed by atoms with Gasteiger partial charge in [0.1, 0.15) is 0 Å². The SMILES string of the molecule is COCCOCCCCNC(=O)C(C)C(N)=NO. The maximum atomic E-state index is 11.5. The quantitative estimate of drug-likeness (QED) is 0.168. The van der Waals surface area contributed by atoms with Crippen LogP contribution in [-0.4, -0.2) is 50.4 Å². The van der Waals surface area contributed by atoms with E-state index in [9.17, 15) is 4.79 Å². The van der Waals surface area contributed by atoms with Crippen molar-refractivity contribution in [3.8, 4) is 0 Å². The fourth-order valence-electron chi connectivity index (χ4n) is 1.16. The van der Waals surface area contributed by atoms with E-state index in [4.69, 9.17) is 20.4 Å². The normalized spacial score (nSPS) is 13.3. The van der Waals surface area contributed by atoms with Crippen LogP contribution in [0.4, 0.5) is 0 Å². The molecule has 1 amide bonds. The number of methoxy groups -OCH3 is 1. The number of hydrogen-bond donors (Lipinski definition) is 3. The lowest BCUT2D eigenvalue weighted by atomic mass is 10.1. The van der Waals surface area contributed by atoms with Gasteiger partial charge in [0, 0.05) is 20.3 Å². The summed E-state index contributed by atoms with van der Waals surface area (Å²) in [7, 11) is 1.63. The summed E-state index contributed by atoms with van der Waals surface area (Å²) in [6, 6.07) is 0. The molecule has 0 aromatic heterocycles. The fourth-order valence-corrected chi connectivity index (χ4v) is 1.16. The lowest BCUT2D eigenvalue weighted by molar-refractivity contribution is -0.122. The molecule has 0 bridgehead atoms. The van der Waals surface area contributed by atoms with Crippen LogP contribution in [-0.2, 0) is 14.3 Å². The summed E-state index contributed by atoms with van der Waals surface area (Å²) < 4.78 is 10.1. The molecule has 1 atom stereocenters. The molecule has 106 valence electrons. The zero-order valence-corrected chi connectivity index (χ0v) is 11.0. The highest BCUT2D eigenvalue weighted by molar-refractivity contribution is 6.01. The Bertz CT molecular complexity index is 259. The Hall–Kier alpha value is -1.34. The van der Waals surface area contributed by atoms with Gasteiger partial charge < -0.3 is 25.7 Å². The zero-order chi connectivity index (χ0) is 13.8. The number of amides is 1. The first kappa shape index (κ1) is 16.7. The zero-order valence-electron chi connectivity index (χ0n) is 11.0. The van der Waals surface area contributed by atoms with Gasteiger partial charge in [0.05, 0.1) is 19.1 Å². The average Bonchev–Trinajstić information content (AvgIpc) is 2.39. The van der Waals surface area contributed by atoms with Crippen molar-refractivity contribution in [1.29, 1.82) is 0 Å². The van der Waals surface area contributed by atoms with Crippen LogP contribution in [0.1, 0.15) is 19.8 Å². The number of nitrogens with two attached hydrogens (primary N) is 1. The third-order valence-corrected chi connectivity index (χ3v) is 2.40. The lowest BCUT2D eigenvalue weighted by Gasteiger charge is -2.10. The van der Waals surface area contributed by atoms with Crippen LogP contribution in [0.5, 0.6) is 0 Å². The number of rotatable bonds is 10. The molecule has 7 heteroatoms. The van der Waals surface area contributed by atoms with Crippen LogP contribution in [0.25, 0.3) is 0 Å². The molecule has 0 aromatic carbocycles. The molecule has 0 saturated heterocycles. The standard InChI is InChI=1S/C11H23N3O4/c1-9(10(12)14-16)11(15)13-5-3-4-6-18-8-7-17-2/h9,16H,3-8H2,1-2H3,(H2,12,14)(H,13,15). The molecule has 0 fully saturated rings. The summed E-state index contributed by atoms with van der Waals surface area (Å²) in [4.78, 5) is 11.5. The second kappa shape index (κ2) is 10.8. The van der Waals surface area contributed by atoms with Crippen molar-refractivity contribution in [2.45, 2.75) is 19.8 Å². The predicted octanol–water partition coefficient (Wildman–Crippen LogP) is -0.0717. The van der Waals surface area contributed by atoms with Crippen molar-refractivity contribution in [2.24, 2.45) is 16.8 Å². The third-order valence-electron chi connectivity index (χ3n) is 2.40. The van der Waals surface area contributed by atoms with Crippen molar-refractivity contribution < 1.29 is 19.5 Å². The lowest BCUT2D eigenvalue weighted by Crippen LogP contribution is -2.37. The van der Waals surface area contributed by atoms with Crippen LogP contribution in [0.15, 0.2) is 5.16 Å². The number of nitrogens with one attached hydrogen (secondary N) is 1. The van der Waals surface area contributed by atoms with E-state index in [1.807, 2.05) is 0 Å². The van der Waals surface area contributed by atoms with Crippen molar-refractivity contribution in [3.63, 3.8) is 0 Å². The van der Waals surface area contributed by atoms with Gasteiger partial charge in [0.25, 0.3) is 0 Å². The van der Waals surface area contributed by atoms with E-state index in [0.29, 0.717) is 26.4 Å². The Morgan fingerprint density at radius 1 is 1.39 bits per heavy atom. The Kier molecular flexibility index (Phi) is 9.99. The summed E-state index contributed by atoms with van der Waals surface area (Å²) in [6.45, 7) is 3.96. The maximum Gasteiger partial charge on any atom is 0.230 e. The van der Waals surface area contributed by atoms with E-state index in [1.165, 1.54) is 0 Å². The van der Waals surface area contributed by atoms with Gasteiger partial charge in [-0.2, -0.15) is 0 Å². The van der Waals surface area contributed by atoms with E-state index < -0.39 is 5.92 Å². The van der Waals surface area contributed by atoms with Gasteiger partial charge in [-0.05, 0) is 19.8 Å². The van der Waals surface area contributed by atoms with Crippen LogP contribution >= 0.6 is 0 Å². The largest absolute Gasteiger partial charge is 0.409 e. The van der Waals surface area contributed by atoms with Gasteiger partial charge in [0.15, 0.2) is 5.84 Å². The summed E-state index contributed by atoms with van der Waals surface area (Å²) in [5.41, 5.74) is 5.32. The van der Waals surface area contributed by atoms with E-state index in [1.54, 1.807) is 14.0 Å². The number of unbranched alkanes of at least 4 members (excludes halogenated alkanes) is 1. The molecule has 0 aliphatic carbocycles. The number of hydrogen-bond acceptors (Lipinski definition) is 5. The van der Waals surface area contributed by atoms with Gasteiger partial charge in [-0.25, -0.2) is 0 Å². The first-order chi connectivity index (χ1) is 8.63. The minimum absolute atomic E-state index is 0.0876. The number of nitrogens with zero attached hydrogens (tertiary/aromatic N) is 1. The Labute approximate surface area is 107 Å². The second-order valence-electron chi connectivity index (χ2n) is 3.85. The van der Waals surface area contributed by atoms with Crippen molar-refractivity contribution in [1.82, 2.24) is 5.32 Å². The third kappa shape index (κ3) is 7.86. The molecule has 0 aromatic rings. The summed E-state index contributed by atoms with van der Waals surface area (Å²) in [6.07, 6.45) is 1.68. The highest BCUT2D eigenvalue weighted by Gasteiger charge is 2.16. The van der Waals surface area contributed by atoms with Crippen LogP contribution in [0.3, 0.4) is 0 Å². The van der Waals surface area contributed by atoms with Crippen LogP contribution < -0.4 is 11.1 Å². The summed E-state index contributed by atoms with van der Waals surface area (Å²) in [5.74, 6) is -0.950. The second-order valence-corrected chi connectivity index (χ2v) is 3.85. The van der Waals surface area contributed by atoms with Gasteiger partial charge in [0.2, 0.25) is 5.91 Å². The van der Waals surface area contributed by atoms with Crippen molar-refractivity contribution in [2.75, 3.05) is 33.5 Å². The van der Waals surface area contributed by atoms with E-state index >= 15 is 0 Å². The van der Waals surface area contributed by atoms with Crippen LogP contribution in [0, 0.1) is 5.92 Å². The first-order valence-electron chi connectivity index (χ1n) is 5.95. The van der Waals surface area contributed by atoms with Crippen LogP contribution in [0.2, 0.25) is 0 Å². The number of ether oxygens (including phenoxy) is 2. The summed E-state index contributed by atoms with van der Waals surface area (Å²) >= 11 is 0. The number of carbonyl (C=O) groups excluding carboxylic acids is 1. The molecule has 7 nitrogen and oxygen atoms in total. The molecule has 4 N–H and O–H groups in total. The minimum atomic E-state index is -0.618. The van der Waals surface area contributed by atoms with Crippen molar-refractivity contribution >= 4 is 11.7 Å². The molecule has 0 saturated carbocycles. The molecule has 0 aliphatic heterocycles. The smallest absolute Gasteiger partial charge is 0.230 e. The molecule has 0 radical (unpaired) electrons. The molecule has 1 unspecified atom stereocenters. The molecule has 0 rings (SSSR count). The topological polar surface area (TPSA) is 106 Å².